The Morgan fingerprint density at radius 1 is 1.14 bits per heavy atom. The molecule has 1 aromatic carbocycles. The Morgan fingerprint density at radius 3 is 2.46 bits per heavy atom. The number of likely N-dealkylation sites (tertiary alicyclic amines) is 1. The summed E-state index contributed by atoms with van der Waals surface area (Å²) in [5.74, 6) is -0.556. The number of nitrogens with zero attached hydrogens (tertiary/aromatic N) is 5. The Bertz CT molecular complexity index is 1050. The van der Waals surface area contributed by atoms with Gasteiger partial charge in [0.1, 0.15) is 11.7 Å². The van der Waals surface area contributed by atoms with Gasteiger partial charge in [0.25, 0.3) is 5.91 Å². The van der Waals surface area contributed by atoms with E-state index in [0.717, 1.165) is 37.7 Å². The molecule has 9 nitrogen and oxygen atoms in total. The van der Waals surface area contributed by atoms with Crippen LogP contribution in [0.4, 0.5) is 5.69 Å². The van der Waals surface area contributed by atoms with Crippen molar-refractivity contribution in [3.63, 3.8) is 0 Å². The van der Waals surface area contributed by atoms with Crippen LogP contribution in [0, 0.1) is 11.5 Å². The Hall–Kier alpha value is -3.41. The first-order valence-corrected chi connectivity index (χ1v) is 12.6. The fraction of sp³-hybridized carbons (Fsp3) is 0.577. The molecule has 2 unspecified atom stereocenters. The first-order chi connectivity index (χ1) is 16.8. The molecule has 2 amide bonds. The van der Waals surface area contributed by atoms with E-state index in [9.17, 15) is 14.9 Å². The second-order valence-corrected chi connectivity index (χ2v) is 10.6. The average molecular weight is 478 g/mol. The third-order valence-corrected chi connectivity index (χ3v) is 7.09. The molecule has 1 aliphatic carbocycles. The highest BCUT2D eigenvalue weighted by molar-refractivity contribution is 6.03. The third kappa shape index (κ3) is 5.47. The summed E-state index contributed by atoms with van der Waals surface area (Å²) in [5.41, 5.74) is 2.03. The highest BCUT2D eigenvalue weighted by atomic mass is 16.2. The summed E-state index contributed by atoms with van der Waals surface area (Å²) in [6.45, 7) is 6.92. The maximum Gasteiger partial charge on any atom is 0.251 e. The van der Waals surface area contributed by atoms with Crippen LogP contribution in [-0.4, -0.2) is 50.8 Å². The average Bonchev–Trinajstić information content (AvgIpc) is 3.54. The van der Waals surface area contributed by atoms with E-state index in [2.05, 4.69) is 47.7 Å². The topological polar surface area (TPSA) is 118 Å². The summed E-state index contributed by atoms with van der Waals surface area (Å²) in [6.07, 6.45) is 10.2. The van der Waals surface area contributed by atoms with Crippen LogP contribution >= 0.6 is 0 Å². The zero-order chi connectivity index (χ0) is 25.0. The Balaban J connectivity index is 1.74. The minimum atomic E-state index is -0.996. The van der Waals surface area contributed by atoms with Gasteiger partial charge in [-0.1, -0.05) is 57.4 Å². The molecule has 2 aliphatic rings. The quantitative estimate of drug-likeness (QED) is 0.614. The van der Waals surface area contributed by atoms with Gasteiger partial charge in [0.05, 0.1) is 0 Å². The van der Waals surface area contributed by atoms with Gasteiger partial charge >= 0.3 is 0 Å². The predicted octanol–water partition coefficient (Wildman–Crippen LogP) is 3.57. The molecule has 1 saturated carbocycles. The normalized spacial score (nSPS) is 19.7. The number of carbonyl (C=O) groups is 2. The van der Waals surface area contributed by atoms with E-state index >= 15 is 0 Å². The van der Waals surface area contributed by atoms with Crippen molar-refractivity contribution in [1.29, 1.82) is 5.26 Å². The molecule has 1 saturated heterocycles. The minimum Gasteiger partial charge on any atom is -0.351 e. The highest BCUT2D eigenvalue weighted by Gasteiger charge is 2.41. The predicted molar refractivity (Wildman–Crippen MR) is 132 cm³/mol. The van der Waals surface area contributed by atoms with Crippen molar-refractivity contribution in [1.82, 2.24) is 25.6 Å². The van der Waals surface area contributed by atoms with Gasteiger partial charge in [0.15, 0.2) is 12.2 Å². The van der Waals surface area contributed by atoms with Crippen molar-refractivity contribution in [3.8, 4) is 6.19 Å². The monoisotopic (exact) mass is 477 g/mol. The van der Waals surface area contributed by atoms with Gasteiger partial charge in [0.2, 0.25) is 5.91 Å². The molecule has 2 aromatic rings. The zero-order valence-corrected chi connectivity index (χ0v) is 20.8. The number of H-pyrrole nitrogens is 1. The molecule has 2 fully saturated rings. The molecule has 35 heavy (non-hydrogen) atoms. The first kappa shape index (κ1) is 24.7. The van der Waals surface area contributed by atoms with E-state index in [0.29, 0.717) is 24.3 Å². The largest absolute Gasteiger partial charge is 0.351 e. The van der Waals surface area contributed by atoms with Gasteiger partial charge in [-0.05, 0) is 48.8 Å². The van der Waals surface area contributed by atoms with Crippen LogP contribution in [0.15, 0.2) is 30.5 Å². The number of aromatic nitrogens is 3. The van der Waals surface area contributed by atoms with Crippen molar-refractivity contribution in [2.24, 2.45) is 0 Å². The summed E-state index contributed by atoms with van der Waals surface area (Å²) in [5, 5.41) is 23.4. The number of aromatic amines is 1. The standard InChI is InChI=1S/C26H35N7O2/c1-26(2,3)18-11-13-20(14-12-18)33(25(35)22-10-7-15-32(22)17-27)23(21-16-28-31-30-21)24(34)29-19-8-5-4-6-9-19/h11-14,16,19,22-23H,4-10,15H2,1-3H3,(H,29,34)(H,28,30,31). The van der Waals surface area contributed by atoms with Gasteiger partial charge in [-0.2, -0.15) is 5.26 Å². The number of anilines is 1. The Morgan fingerprint density at radius 2 is 1.86 bits per heavy atom. The third-order valence-electron chi connectivity index (χ3n) is 7.09. The molecule has 2 atom stereocenters. The van der Waals surface area contributed by atoms with Crippen LogP contribution in [0.25, 0.3) is 0 Å². The minimum absolute atomic E-state index is 0.0553. The van der Waals surface area contributed by atoms with E-state index in [1.54, 1.807) is 6.20 Å². The Labute approximate surface area is 206 Å². The number of nitrogens with one attached hydrogen (secondary N) is 2. The van der Waals surface area contributed by atoms with Crippen molar-refractivity contribution < 1.29 is 9.59 Å². The molecule has 186 valence electrons. The van der Waals surface area contributed by atoms with Crippen LogP contribution in [0.5, 0.6) is 0 Å². The number of hydrogen-bond donors (Lipinski definition) is 2. The van der Waals surface area contributed by atoms with Gasteiger partial charge in [-0.15, -0.1) is 5.10 Å². The molecule has 0 radical (unpaired) electrons. The molecule has 9 heteroatoms. The van der Waals surface area contributed by atoms with Crippen molar-refractivity contribution in [3.05, 3.63) is 41.7 Å². The lowest BCUT2D eigenvalue weighted by atomic mass is 9.87. The molecule has 1 aromatic heterocycles. The first-order valence-electron chi connectivity index (χ1n) is 12.6. The molecular formula is C26H35N7O2. The number of carbonyl (C=O) groups excluding carboxylic acids is 2. The summed E-state index contributed by atoms with van der Waals surface area (Å²) in [6, 6.07) is 6.21. The Kier molecular flexibility index (Phi) is 7.39. The van der Waals surface area contributed by atoms with Crippen molar-refractivity contribution in [2.45, 2.75) is 89.3 Å². The van der Waals surface area contributed by atoms with Crippen molar-refractivity contribution in [2.75, 3.05) is 11.4 Å². The van der Waals surface area contributed by atoms with Crippen LogP contribution in [0.1, 0.15) is 83.0 Å². The van der Waals surface area contributed by atoms with Crippen LogP contribution in [0.3, 0.4) is 0 Å². The SMILES string of the molecule is CC(C)(C)c1ccc(N(C(=O)C2CCCN2C#N)C(C(=O)NC2CCCCC2)c2c[nH]nn2)cc1. The van der Waals surface area contributed by atoms with E-state index in [-0.39, 0.29) is 23.3 Å². The molecule has 4 rings (SSSR count). The second-order valence-electron chi connectivity index (χ2n) is 10.6. The lowest BCUT2D eigenvalue weighted by molar-refractivity contribution is -0.128. The van der Waals surface area contributed by atoms with Gasteiger partial charge in [-0.25, -0.2) is 0 Å². The lowest BCUT2D eigenvalue weighted by Gasteiger charge is -2.34. The lowest BCUT2D eigenvalue weighted by Crippen LogP contribution is -2.51. The maximum atomic E-state index is 14.0. The molecule has 1 aliphatic heterocycles. The fourth-order valence-electron chi connectivity index (χ4n) is 5.08. The zero-order valence-electron chi connectivity index (χ0n) is 20.8. The summed E-state index contributed by atoms with van der Waals surface area (Å²) < 4.78 is 0. The van der Waals surface area contributed by atoms with E-state index in [1.165, 1.54) is 16.2 Å². The number of amides is 2. The molecular weight excluding hydrogens is 442 g/mol. The van der Waals surface area contributed by atoms with Crippen LogP contribution < -0.4 is 10.2 Å². The van der Waals surface area contributed by atoms with E-state index in [1.807, 2.05) is 24.3 Å². The fourth-order valence-corrected chi connectivity index (χ4v) is 5.08. The smallest absolute Gasteiger partial charge is 0.251 e. The second kappa shape index (κ2) is 10.5. The van der Waals surface area contributed by atoms with E-state index < -0.39 is 12.1 Å². The van der Waals surface area contributed by atoms with Crippen LogP contribution in [-0.2, 0) is 15.0 Å². The molecule has 2 N–H and O–H groups in total. The van der Waals surface area contributed by atoms with Crippen molar-refractivity contribution >= 4 is 17.5 Å². The highest BCUT2D eigenvalue weighted by Crippen LogP contribution is 2.33. The number of benzene rings is 1. The summed E-state index contributed by atoms with van der Waals surface area (Å²) in [7, 11) is 0. The summed E-state index contributed by atoms with van der Waals surface area (Å²) >= 11 is 0. The molecule has 2 heterocycles. The number of nitriles is 1. The van der Waals surface area contributed by atoms with Crippen LogP contribution in [0.2, 0.25) is 0 Å². The molecule has 0 spiro atoms. The van der Waals surface area contributed by atoms with Gasteiger partial charge < -0.3 is 5.32 Å². The van der Waals surface area contributed by atoms with Gasteiger partial charge in [-0.3, -0.25) is 24.5 Å². The number of rotatable bonds is 6. The van der Waals surface area contributed by atoms with Gasteiger partial charge in [0, 0.05) is 24.5 Å². The molecule has 0 bridgehead atoms. The van der Waals surface area contributed by atoms with E-state index in [4.69, 9.17) is 0 Å². The maximum absolute atomic E-state index is 14.0. The number of hydrogen-bond acceptors (Lipinski definition) is 6. The summed E-state index contributed by atoms with van der Waals surface area (Å²) in [4.78, 5) is 30.8.